The van der Waals surface area contributed by atoms with E-state index >= 15 is 0 Å². The number of rotatable bonds is 3. The summed E-state index contributed by atoms with van der Waals surface area (Å²) >= 11 is 0. The van der Waals surface area contributed by atoms with Crippen molar-refractivity contribution in [1.29, 1.82) is 0 Å². The molecule has 2 heteroatoms. The normalized spacial score (nSPS) is 11.2. The Morgan fingerprint density at radius 2 is 1.61 bits per heavy atom. The zero-order chi connectivity index (χ0) is 24.5. The largest absolute Gasteiger partial charge is 2.00 e. The van der Waals surface area contributed by atoms with Gasteiger partial charge in [-0.3, -0.25) is 0 Å². The third-order valence-electron chi connectivity index (χ3n) is 5.99. The topological polar surface area (TPSA) is 0 Å². The molecule has 0 N–H and O–H groups in total. The Morgan fingerprint density at radius 1 is 0.889 bits per heavy atom. The molecular formula is C34H31PTi. The second kappa shape index (κ2) is 14.0. The van der Waals surface area contributed by atoms with Crippen LogP contribution in [0.15, 0.2) is 128 Å². The summed E-state index contributed by atoms with van der Waals surface area (Å²) in [5.41, 5.74) is 6.90. The van der Waals surface area contributed by atoms with Crippen molar-refractivity contribution < 1.29 is 21.7 Å². The maximum absolute atomic E-state index is 3.46. The molecule has 5 aromatic carbocycles. The van der Waals surface area contributed by atoms with Crippen LogP contribution in [-0.4, -0.2) is 0 Å². The van der Waals surface area contributed by atoms with Crippen molar-refractivity contribution in [2.24, 2.45) is 0 Å². The summed E-state index contributed by atoms with van der Waals surface area (Å²) in [7, 11) is 0.759. The van der Waals surface area contributed by atoms with Crippen molar-refractivity contribution in [3.8, 4) is 11.1 Å². The molecule has 0 nitrogen and oxygen atoms in total. The molecule has 176 valence electrons. The summed E-state index contributed by atoms with van der Waals surface area (Å²) in [4.78, 5) is 0. The quantitative estimate of drug-likeness (QED) is 0.0957. The fourth-order valence-electron chi connectivity index (χ4n) is 4.23. The van der Waals surface area contributed by atoms with Gasteiger partial charge in [-0.15, -0.1) is 45.9 Å². The summed E-state index contributed by atoms with van der Waals surface area (Å²) in [6, 6.07) is 39.9. The molecule has 0 saturated heterocycles. The number of hydrogen-bond donors (Lipinski definition) is 0. The van der Waals surface area contributed by atoms with E-state index in [9.17, 15) is 0 Å². The first-order chi connectivity index (χ1) is 17.2. The Morgan fingerprint density at radius 3 is 2.36 bits per heavy atom. The first kappa shape index (κ1) is 27.7. The smallest absolute Gasteiger partial charge is 0.179 e. The van der Waals surface area contributed by atoms with Crippen LogP contribution < -0.4 is 10.6 Å². The SMILES string of the molecule is C=CC=CC.Cc1ccccc1Pc1cc2ccccc2[cH-]1.[Ti+2].[c-]1cccc2c1Cc1ccccc1-2. The molecule has 6 rings (SSSR count). The van der Waals surface area contributed by atoms with E-state index in [1.54, 1.807) is 6.08 Å². The van der Waals surface area contributed by atoms with Gasteiger partial charge in [-0.2, -0.15) is 35.9 Å². The van der Waals surface area contributed by atoms with Crippen LogP contribution >= 0.6 is 8.58 Å². The number of benzene rings is 4. The Kier molecular flexibility index (Phi) is 10.8. The van der Waals surface area contributed by atoms with Crippen LogP contribution in [0.3, 0.4) is 0 Å². The molecule has 0 spiro atoms. The molecule has 0 radical (unpaired) electrons. The van der Waals surface area contributed by atoms with Crippen molar-refractivity contribution in [2.45, 2.75) is 20.3 Å². The minimum absolute atomic E-state index is 0. The summed E-state index contributed by atoms with van der Waals surface area (Å²) in [6.07, 6.45) is 6.62. The monoisotopic (exact) mass is 518 g/mol. The third-order valence-corrected chi connectivity index (χ3v) is 7.39. The Hall–Kier alpha value is -2.89. The van der Waals surface area contributed by atoms with Crippen LogP contribution in [0, 0.1) is 13.0 Å². The fraction of sp³-hybridized carbons (Fsp3) is 0.0882. The second-order valence-electron chi connectivity index (χ2n) is 8.47. The average molecular weight is 518 g/mol. The predicted molar refractivity (Wildman–Crippen MR) is 157 cm³/mol. The van der Waals surface area contributed by atoms with Gasteiger partial charge >= 0.3 is 21.7 Å². The van der Waals surface area contributed by atoms with Gasteiger partial charge in [0.1, 0.15) is 0 Å². The van der Waals surface area contributed by atoms with Crippen LogP contribution in [0.5, 0.6) is 0 Å². The Bertz CT molecular complexity index is 1360. The van der Waals surface area contributed by atoms with Crippen LogP contribution in [0.4, 0.5) is 0 Å². The average Bonchev–Trinajstić information content (AvgIpc) is 3.47. The van der Waals surface area contributed by atoms with Gasteiger partial charge < -0.3 is 0 Å². The molecule has 1 aliphatic carbocycles. The zero-order valence-corrected chi connectivity index (χ0v) is 23.5. The van der Waals surface area contributed by atoms with Gasteiger partial charge in [0.05, 0.1) is 0 Å². The van der Waals surface area contributed by atoms with Gasteiger partial charge in [0.2, 0.25) is 0 Å². The molecule has 0 saturated carbocycles. The van der Waals surface area contributed by atoms with Crippen molar-refractivity contribution in [1.82, 2.24) is 0 Å². The minimum atomic E-state index is 0. The molecular weight excluding hydrogens is 487 g/mol. The minimum Gasteiger partial charge on any atom is -0.179 e. The molecule has 5 aromatic rings. The zero-order valence-electron chi connectivity index (χ0n) is 21.0. The van der Waals surface area contributed by atoms with Crippen molar-refractivity contribution >= 4 is 30.0 Å². The van der Waals surface area contributed by atoms with Gasteiger partial charge in [0, 0.05) is 0 Å². The maximum atomic E-state index is 3.46. The second-order valence-corrected chi connectivity index (χ2v) is 9.84. The van der Waals surface area contributed by atoms with E-state index in [2.05, 4.69) is 117 Å². The van der Waals surface area contributed by atoms with Gasteiger partial charge in [-0.25, -0.2) is 0 Å². The molecule has 0 fully saturated rings. The van der Waals surface area contributed by atoms with Crippen molar-refractivity contribution in [3.63, 3.8) is 0 Å². The molecule has 0 amide bonds. The summed E-state index contributed by atoms with van der Waals surface area (Å²) in [5.74, 6) is 0. The van der Waals surface area contributed by atoms with Gasteiger partial charge in [0.15, 0.2) is 0 Å². The molecule has 0 aromatic heterocycles. The number of fused-ring (bicyclic) bond motifs is 4. The molecule has 1 aliphatic rings. The van der Waals surface area contributed by atoms with Gasteiger partial charge in [-0.05, 0) is 31.1 Å². The Balaban J connectivity index is 0.000000169. The molecule has 36 heavy (non-hydrogen) atoms. The number of aryl methyl sites for hydroxylation is 1. The molecule has 0 heterocycles. The van der Waals surface area contributed by atoms with Crippen molar-refractivity contribution in [2.75, 3.05) is 0 Å². The van der Waals surface area contributed by atoms with Gasteiger partial charge in [-0.1, -0.05) is 99.1 Å². The Labute approximate surface area is 232 Å². The molecule has 0 aliphatic heterocycles. The van der Waals surface area contributed by atoms with E-state index in [0.29, 0.717) is 0 Å². The van der Waals surface area contributed by atoms with Crippen LogP contribution in [0.2, 0.25) is 0 Å². The summed E-state index contributed by atoms with van der Waals surface area (Å²) in [6.45, 7) is 7.61. The third kappa shape index (κ3) is 7.08. The van der Waals surface area contributed by atoms with Crippen LogP contribution in [0.1, 0.15) is 23.6 Å². The fourth-order valence-corrected chi connectivity index (χ4v) is 5.45. The predicted octanol–water partition coefficient (Wildman–Crippen LogP) is 8.30. The first-order valence-electron chi connectivity index (χ1n) is 12.0. The number of allylic oxidation sites excluding steroid dienone is 3. The van der Waals surface area contributed by atoms with Gasteiger partial charge in [0.25, 0.3) is 0 Å². The molecule has 1 atom stereocenters. The van der Waals surface area contributed by atoms with E-state index in [1.165, 1.54) is 49.2 Å². The maximum Gasteiger partial charge on any atom is 2.00 e. The standard InChI is InChI=1S/C16H14P.C13H9.C5H8.Ti/c1-12-6-2-5-9-16(12)17-15-10-13-7-3-4-8-14(13)11-15;1-3-7-12-10(5-1)9-11-6-2-4-8-13(11)12;1-3-5-4-2;/h2-11,17H,1H3;1-5,7-8H,9H2;3-5H,1H2,2H3;/q2*-1;;+2. The summed E-state index contributed by atoms with van der Waals surface area (Å²) < 4.78 is 0. The number of hydrogen-bond acceptors (Lipinski definition) is 0. The summed E-state index contributed by atoms with van der Waals surface area (Å²) in [5, 5.41) is 5.58. The van der Waals surface area contributed by atoms with Crippen LogP contribution in [-0.2, 0) is 28.1 Å². The van der Waals surface area contributed by atoms with E-state index in [0.717, 1.165) is 15.0 Å². The van der Waals surface area contributed by atoms with E-state index in [1.807, 2.05) is 25.1 Å². The van der Waals surface area contributed by atoms with E-state index < -0.39 is 0 Å². The van der Waals surface area contributed by atoms with Crippen molar-refractivity contribution in [3.05, 3.63) is 151 Å². The van der Waals surface area contributed by atoms with Crippen LogP contribution in [0.25, 0.3) is 21.9 Å². The van der Waals surface area contributed by atoms with E-state index in [-0.39, 0.29) is 21.7 Å². The first-order valence-corrected chi connectivity index (χ1v) is 13.0. The van der Waals surface area contributed by atoms with E-state index in [4.69, 9.17) is 0 Å². The molecule has 1 unspecified atom stereocenters. The molecule has 0 bridgehead atoms.